The number of benzene rings is 1. The lowest BCUT2D eigenvalue weighted by molar-refractivity contribution is -0.118. The van der Waals surface area contributed by atoms with Crippen LogP contribution in [0.15, 0.2) is 18.2 Å². The predicted molar refractivity (Wildman–Crippen MR) is 86.7 cm³/mol. The van der Waals surface area contributed by atoms with Gasteiger partial charge in [-0.3, -0.25) is 4.79 Å². The molecule has 1 heterocycles. The average molecular weight is 297 g/mol. The first-order chi connectivity index (χ1) is 9.13. The first-order valence-corrected chi connectivity index (χ1v) is 7.26. The maximum absolute atomic E-state index is 12.2. The van der Waals surface area contributed by atoms with Gasteiger partial charge in [-0.2, -0.15) is 0 Å². The molecule has 1 aliphatic rings. The molecule has 20 heavy (non-hydrogen) atoms. The van der Waals surface area contributed by atoms with Gasteiger partial charge < -0.3 is 10.6 Å². The molecule has 0 bridgehead atoms. The molecular weight excluding hydrogens is 272 g/mol. The number of aryl methyl sites for hydroxylation is 1. The van der Waals surface area contributed by atoms with Crippen molar-refractivity contribution in [2.75, 3.05) is 18.0 Å². The number of fused-ring (bicyclic) bond motifs is 1. The van der Waals surface area contributed by atoms with Crippen LogP contribution in [0.1, 0.15) is 50.2 Å². The Bertz CT molecular complexity index is 460. The second kappa shape index (κ2) is 7.65. The maximum Gasteiger partial charge on any atom is 0.227 e. The van der Waals surface area contributed by atoms with Gasteiger partial charge >= 0.3 is 0 Å². The van der Waals surface area contributed by atoms with Crippen molar-refractivity contribution in [3.63, 3.8) is 0 Å². The summed E-state index contributed by atoms with van der Waals surface area (Å²) in [6, 6.07) is 6.53. The Morgan fingerprint density at radius 1 is 1.40 bits per heavy atom. The number of nitrogens with zero attached hydrogens (tertiary/aromatic N) is 1. The van der Waals surface area contributed by atoms with Crippen LogP contribution in [-0.4, -0.2) is 19.0 Å². The van der Waals surface area contributed by atoms with Gasteiger partial charge in [-0.25, -0.2) is 0 Å². The Kier molecular flexibility index (Phi) is 6.50. The van der Waals surface area contributed by atoms with Crippen molar-refractivity contribution in [2.45, 2.75) is 45.4 Å². The van der Waals surface area contributed by atoms with Crippen LogP contribution < -0.4 is 10.6 Å². The Labute approximate surface area is 127 Å². The number of amides is 1. The minimum Gasteiger partial charge on any atom is -0.330 e. The van der Waals surface area contributed by atoms with Crippen molar-refractivity contribution in [3.05, 3.63) is 29.3 Å². The van der Waals surface area contributed by atoms with E-state index in [0.29, 0.717) is 18.9 Å². The Hall–Kier alpha value is -1.06. The molecule has 4 heteroatoms. The monoisotopic (exact) mass is 296 g/mol. The molecule has 0 saturated heterocycles. The molecule has 0 atom stereocenters. The maximum atomic E-state index is 12.2. The highest BCUT2D eigenvalue weighted by atomic mass is 35.5. The second-order valence-corrected chi connectivity index (χ2v) is 5.58. The van der Waals surface area contributed by atoms with Crippen molar-refractivity contribution in [2.24, 2.45) is 5.73 Å². The molecule has 3 nitrogen and oxygen atoms in total. The largest absolute Gasteiger partial charge is 0.330 e. The summed E-state index contributed by atoms with van der Waals surface area (Å²) in [6.45, 7) is 5.83. The van der Waals surface area contributed by atoms with E-state index in [1.165, 1.54) is 11.1 Å². The Morgan fingerprint density at radius 2 is 2.15 bits per heavy atom. The van der Waals surface area contributed by atoms with Crippen LogP contribution in [0.5, 0.6) is 0 Å². The van der Waals surface area contributed by atoms with Gasteiger partial charge in [-0.05, 0) is 48.9 Å². The van der Waals surface area contributed by atoms with E-state index < -0.39 is 0 Å². The van der Waals surface area contributed by atoms with Gasteiger partial charge in [-0.1, -0.05) is 26.0 Å². The van der Waals surface area contributed by atoms with E-state index in [0.717, 1.165) is 31.5 Å². The van der Waals surface area contributed by atoms with Gasteiger partial charge in [0.25, 0.3) is 0 Å². The third-order valence-electron chi connectivity index (χ3n) is 3.78. The number of hydrogen-bond donors (Lipinski definition) is 1. The number of halogens is 1. The number of hydrogen-bond acceptors (Lipinski definition) is 2. The fourth-order valence-corrected chi connectivity index (χ4v) is 2.62. The zero-order chi connectivity index (χ0) is 13.8. The molecular formula is C16H25ClN2O. The molecule has 1 aromatic rings. The van der Waals surface area contributed by atoms with Gasteiger partial charge in [0.15, 0.2) is 0 Å². The highest BCUT2D eigenvalue weighted by molar-refractivity contribution is 5.94. The van der Waals surface area contributed by atoms with E-state index in [1.54, 1.807) is 0 Å². The van der Waals surface area contributed by atoms with Crippen molar-refractivity contribution < 1.29 is 4.79 Å². The van der Waals surface area contributed by atoms with E-state index in [1.807, 2.05) is 4.90 Å². The third-order valence-corrected chi connectivity index (χ3v) is 3.78. The zero-order valence-electron chi connectivity index (χ0n) is 12.4. The quantitative estimate of drug-likeness (QED) is 0.927. The molecule has 112 valence electrons. The highest BCUT2D eigenvalue weighted by Crippen LogP contribution is 2.30. The molecule has 1 aromatic carbocycles. The minimum absolute atomic E-state index is 0. The van der Waals surface area contributed by atoms with Crippen LogP contribution in [0.25, 0.3) is 0 Å². The fourth-order valence-electron chi connectivity index (χ4n) is 2.62. The molecule has 0 aliphatic carbocycles. The lowest BCUT2D eigenvalue weighted by Crippen LogP contribution is -2.35. The van der Waals surface area contributed by atoms with Crippen LogP contribution in [0.2, 0.25) is 0 Å². The summed E-state index contributed by atoms with van der Waals surface area (Å²) >= 11 is 0. The molecule has 1 amide bonds. The van der Waals surface area contributed by atoms with Crippen LogP contribution in [0, 0.1) is 0 Å². The van der Waals surface area contributed by atoms with Crippen LogP contribution >= 0.6 is 12.4 Å². The average Bonchev–Trinajstić information content (AvgIpc) is 2.43. The Morgan fingerprint density at radius 3 is 2.80 bits per heavy atom. The zero-order valence-corrected chi connectivity index (χ0v) is 13.2. The van der Waals surface area contributed by atoms with Gasteiger partial charge in [0, 0.05) is 18.7 Å². The molecule has 1 aliphatic heterocycles. The molecule has 0 unspecified atom stereocenters. The van der Waals surface area contributed by atoms with Crippen molar-refractivity contribution in [3.8, 4) is 0 Å². The van der Waals surface area contributed by atoms with Crippen LogP contribution in [0.3, 0.4) is 0 Å². The lowest BCUT2D eigenvalue weighted by atomic mass is 9.94. The third kappa shape index (κ3) is 3.74. The summed E-state index contributed by atoms with van der Waals surface area (Å²) in [5.41, 5.74) is 9.27. The smallest absolute Gasteiger partial charge is 0.227 e. The van der Waals surface area contributed by atoms with Gasteiger partial charge in [0.05, 0.1) is 0 Å². The fraction of sp³-hybridized carbons (Fsp3) is 0.562. The van der Waals surface area contributed by atoms with Crippen LogP contribution in [0.4, 0.5) is 5.69 Å². The SMILES string of the molecule is CC(C)c1ccc2c(c1)CCCN2C(=O)CCCN.Cl. The first kappa shape index (κ1) is 17.0. The topological polar surface area (TPSA) is 46.3 Å². The Balaban J connectivity index is 0.00000200. The van der Waals surface area contributed by atoms with Gasteiger partial charge in [-0.15, -0.1) is 12.4 Å². The summed E-state index contributed by atoms with van der Waals surface area (Å²) in [6.07, 6.45) is 3.47. The summed E-state index contributed by atoms with van der Waals surface area (Å²) in [7, 11) is 0. The molecule has 0 saturated carbocycles. The van der Waals surface area contributed by atoms with Gasteiger partial charge in [0.1, 0.15) is 0 Å². The minimum atomic E-state index is 0. The highest BCUT2D eigenvalue weighted by Gasteiger charge is 2.22. The first-order valence-electron chi connectivity index (χ1n) is 7.26. The summed E-state index contributed by atoms with van der Waals surface area (Å²) in [4.78, 5) is 14.2. The van der Waals surface area contributed by atoms with E-state index in [-0.39, 0.29) is 18.3 Å². The molecule has 0 radical (unpaired) electrons. The molecule has 0 spiro atoms. The summed E-state index contributed by atoms with van der Waals surface area (Å²) in [5.74, 6) is 0.748. The van der Waals surface area contributed by atoms with E-state index in [4.69, 9.17) is 5.73 Å². The number of carbonyl (C=O) groups is 1. The summed E-state index contributed by atoms with van der Waals surface area (Å²) < 4.78 is 0. The van der Waals surface area contributed by atoms with Gasteiger partial charge in [0.2, 0.25) is 5.91 Å². The molecule has 0 aromatic heterocycles. The predicted octanol–water partition coefficient (Wildman–Crippen LogP) is 3.25. The standard InChI is InChI=1S/C16H24N2O.ClH/c1-12(2)13-7-8-15-14(11-13)5-4-10-18(15)16(19)6-3-9-17;/h7-8,11-12H,3-6,9-10,17H2,1-2H3;1H. The van der Waals surface area contributed by atoms with Crippen molar-refractivity contribution in [1.29, 1.82) is 0 Å². The second-order valence-electron chi connectivity index (χ2n) is 5.58. The van der Waals surface area contributed by atoms with Crippen LogP contribution in [-0.2, 0) is 11.2 Å². The number of anilines is 1. The van der Waals surface area contributed by atoms with Crippen molar-refractivity contribution >= 4 is 24.0 Å². The molecule has 2 rings (SSSR count). The molecule has 0 fully saturated rings. The number of carbonyl (C=O) groups excluding carboxylic acids is 1. The number of rotatable bonds is 4. The van der Waals surface area contributed by atoms with E-state index in [9.17, 15) is 4.79 Å². The van der Waals surface area contributed by atoms with Crippen molar-refractivity contribution in [1.82, 2.24) is 0 Å². The molecule has 2 N–H and O–H groups in total. The normalized spacial score (nSPS) is 13.9. The number of nitrogens with two attached hydrogens (primary N) is 1. The van der Waals surface area contributed by atoms with E-state index in [2.05, 4.69) is 32.0 Å². The lowest BCUT2D eigenvalue weighted by Gasteiger charge is -2.30. The summed E-state index contributed by atoms with van der Waals surface area (Å²) in [5, 5.41) is 0. The van der Waals surface area contributed by atoms with E-state index >= 15 is 0 Å².